The molecule has 1 N–H and O–H groups in total. The average molecular weight is 681 g/mol. The van der Waals surface area contributed by atoms with Gasteiger partial charge in [-0.15, -0.1) is 0 Å². The van der Waals surface area contributed by atoms with Crippen LogP contribution in [0.2, 0.25) is 10.0 Å². The Morgan fingerprint density at radius 3 is 2.22 bits per heavy atom. The predicted octanol–water partition coefficient (Wildman–Crippen LogP) is 6.74. The van der Waals surface area contributed by atoms with Crippen molar-refractivity contribution in [3.05, 3.63) is 92.4 Å². The topological polar surface area (TPSA) is 86.8 Å². The number of amides is 2. The maximum absolute atomic E-state index is 14.0. The third-order valence-electron chi connectivity index (χ3n) is 7.21. The molecule has 3 aromatic rings. The maximum Gasteiger partial charge on any atom is 0.264 e. The van der Waals surface area contributed by atoms with Gasteiger partial charge in [0.1, 0.15) is 12.6 Å². The van der Waals surface area contributed by atoms with Crippen molar-refractivity contribution in [1.29, 1.82) is 0 Å². The summed E-state index contributed by atoms with van der Waals surface area (Å²) in [6.45, 7) is 3.04. The fourth-order valence-electron chi connectivity index (χ4n) is 4.78. The molecule has 0 spiro atoms. The second-order valence-electron chi connectivity index (χ2n) is 10.2. The average Bonchev–Trinajstić information content (AvgIpc) is 3.45. The van der Waals surface area contributed by atoms with Crippen molar-refractivity contribution < 1.29 is 18.0 Å². The Balaban J connectivity index is 1.69. The molecule has 0 radical (unpaired) electrons. The number of rotatable bonds is 10. The van der Waals surface area contributed by atoms with E-state index in [0.717, 1.165) is 40.0 Å². The monoisotopic (exact) mass is 679 g/mol. The summed E-state index contributed by atoms with van der Waals surface area (Å²) < 4.78 is 29.6. The molecule has 0 saturated heterocycles. The van der Waals surface area contributed by atoms with E-state index in [0.29, 0.717) is 21.3 Å². The normalized spacial score (nSPS) is 14.5. The van der Waals surface area contributed by atoms with Crippen molar-refractivity contribution >= 4 is 66.7 Å². The van der Waals surface area contributed by atoms with E-state index in [-0.39, 0.29) is 23.4 Å². The number of aryl methyl sites for hydroxylation is 1. The summed E-state index contributed by atoms with van der Waals surface area (Å²) >= 11 is 15.7. The first-order valence-electron chi connectivity index (χ1n) is 13.3. The van der Waals surface area contributed by atoms with Crippen molar-refractivity contribution in [3.8, 4) is 0 Å². The lowest BCUT2D eigenvalue weighted by Crippen LogP contribution is -2.52. The van der Waals surface area contributed by atoms with Crippen LogP contribution in [0.5, 0.6) is 0 Å². The maximum atomic E-state index is 14.0. The predicted molar refractivity (Wildman–Crippen MR) is 167 cm³/mol. The zero-order valence-corrected chi connectivity index (χ0v) is 26.7. The van der Waals surface area contributed by atoms with Gasteiger partial charge in [-0.25, -0.2) is 8.42 Å². The summed E-state index contributed by atoms with van der Waals surface area (Å²) in [5.41, 5.74) is 1.88. The van der Waals surface area contributed by atoms with Gasteiger partial charge in [-0.1, -0.05) is 75.7 Å². The molecule has 0 aliphatic heterocycles. The number of sulfonamides is 1. The molecular weight excluding hydrogens is 649 g/mol. The number of benzene rings is 3. The summed E-state index contributed by atoms with van der Waals surface area (Å²) in [5.74, 6) is -0.828. The van der Waals surface area contributed by atoms with Crippen LogP contribution in [0.25, 0.3) is 0 Å². The van der Waals surface area contributed by atoms with Gasteiger partial charge in [0.2, 0.25) is 11.8 Å². The molecule has 3 aromatic carbocycles. The standard InChI is InChI=1S/C30H32BrCl2N3O4S/c1-20-7-14-26(15-8-20)41(39,40)36(25-12-10-23(31)11-13-25)19-29(37)35(18-22-9-16-27(32)28(33)17-22)21(2)30(38)34-24-5-3-4-6-24/h7-17,21,24H,3-6,18-19H2,1-2H3,(H,34,38). The fraction of sp³-hybridized carbons (Fsp3) is 0.333. The smallest absolute Gasteiger partial charge is 0.264 e. The first-order valence-corrected chi connectivity index (χ1v) is 16.3. The summed E-state index contributed by atoms with van der Waals surface area (Å²) in [5, 5.41) is 3.74. The zero-order valence-electron chi connectivity index (χ0n) is 22.8. The molecule has 1 atom stereocenters. The molecule has 7 nitrogen and oxygen atoms in total. The molecule has 1 fully saturated rings. The van der Waals surface area contributed by atoms with E-state index in [4.69, 9.17) is 23.2 Å². The molecule has 1 unspecified atom stereocenters. The Hall–Kier alpha value is -2.59. The van der Waals surface area contributed by atoms with Crippen LogP contribution in [0.15, 0.2) is 76.1 Å². The third-order valence-corrected chi connectivity index (χ3v) is 10.3. The van der Waals surface area contributed by atoms with Gasteiger partial charge in [-0.2, -0.15) is 0 Å². The van der Waals surface area contributed by atoms with Crippen LogP contribution in [0, 0.1) is 6.92 Å². The van der Waals surface area contributed by atoms with Crippen LogP contribution in [0.4, 0.5) is 5.69 Å². The lowest BCUT2D eigenvalue weighted by Gasteiger charge is -2.32. The number of carbonyl (C=O) groups excluding carboxylic acids is 2. The molecule has 2 amide bonds. The van der Waals surface area contributed by atoms with Crippen LogP contribution in [0.1, 0.15) is 43.7 Å². The van der Waals surface area contributed by atoms with E-state index >= 15 is 0 Å². The minimum atomic E-state index is -4.13. The van der Waals surface area contributed by atoms with Gasteiger partial charge in [0.15, 0.2) is 0 Å². The van der Waals surface area contributed by atoms with Crippen molar-refractivity contribution in [3.63, 3.8) is 0 Å². The van der Waals surface area contributed by atoms with Crippen LogP contribution >= 0.6 is 39.1 Å². The molecule has 1 aliphatic rings. The highest BCUT2D eigenvalue weighted by Crippen LogP contribution is 2.28. The van der Waals surface area contributed by atoms with E-state index in [2.05, 4.69) is 21.2 Å². The number of hydrogen-bond donors (Lipinski definition) is 1. The van der Waals surface area contributed by atoms with E-state index in [1.807, 2.05) is 6.92 Å². The van der Waals surface area contributed by atoms with Gasteiger partial charge in [0.25, 0.3) is 10.0 Å². The van der Waals surface area contributed by atoms with Gasteiger partial charge in [0.05, 0.1) is 20.6 Å². The summed E-state index contributed by atoms with van der Waals surface area (Å²) in [4.78, 5) is 28.8. The first-order chi connectivity index (χ1) is 19.5. The van der Waals surface area contributed by atoms with Crippen LogP contribution in [-0.4, -0.2) is 43.8 Å². The Morgan fingerprint density at radius 2 is 1.61 bits per heavy atom. The quantitative estimate of drug-likeness (QED) is 0.257. The Morgan fingerprint density at radius 1 is 0.976 bits per heavy atom. The number of halogens is 3. The molecule has 1 saturated carbocycles. The van der Waals surface area contributed by atoms with E-state index < -0.39 is 28.5 Å². The highest BCUT2D eigenvalue weighted by Gasteiger charge is 2.33. The fourth-order valence-corrected chi connectivity index (χ4v) is 6.78. The second-order valence-corrected chi connectivity index (χ2v) is 13.8. The Bertz CT molecular complexity index is 1500. The van der Waals surface area contributed by atoms with Crippen LogP contribution < -0.4 is 9.62 Å². The Kier molecular flexibility index (Phi) is 10.4. The summed E-state index contributed by atoms with van der Waals surface area (Å²) in [7, 11) is -4.13. The van der Waals surface area contributed by atoms with Crippen molar-refractivity contribution in [2.45, 2.75) is 63.1 Å². The van der Waals surface area contributed by atoms with Crippen LogP contribution in [-0.2, 0) is 26.2 Å². The second kappa shape index (κ2) is 13.6. The van der Waals surface area contributed by atoms with Crippen molar-refractivity contribution in [2.24, 2.45) is 0 Å². The number of anilines is 1. The highest BCUT2D eigenvalue weighted by atomic mass is 79.9. The van der Waals surface area contributed by atoms with E-state index in [1.165, 1.54) is 17.0 Å². The minimum absolute atomic E-state index is 0.0354. The zero-order chi connectivity index (χ0) is 29.7. The molecule has 0 heterocycles. The summed E-state index contributed by atoms with van der Waals surface area (Å²) in [6.07, 6.45) is 3.88. The molecule has 41 heavy (non-hydrogen) atoms. The van der Waals surface area contributed by atoms with Gasteiger partial charge in [-0.3, -0.25) is 13.9 Å². The van der Waals surface area contributed by atoms with Gasteiger partial charge >= 0.3 is 0 Å². The highest BCUT2D eigenvalue weighted by molar-refractivity contribution is 9.10. The molecule has 218 valence electrons. The molecule has 0 aromatic heterocycles. The third kappa shape index (κ3) is 7.83. The lowest BCUT2D eigenvalue weighted by atomic mass is 10.1. The SMILES string of the molecule is Cc1ccc(S(=O)(=O)N(CC(=O)N(Cc2ccc(Cl)c(Cl)c2)C(C)C(=O)NC2CCCC2)c2ccc(Br)cc2)cc1. The molecule has 1 aliphatic carbocycles. The lowest BCUT2D eigenvalue weighted by molar-refractivity contribution is -0.139. The number of nitrogens with zero attached hydrogens (tertiary/aromatic N) is 2. The van der Waals surface area contributed by atoms with Crippen molar-refractivity contribution in [2.75, 3.05) is 10.8 Å². The molecule has 0 bridgehead atoms. The van der Waals surface area contributed by atoms with Gasteiger partial charge in [0, 0.05) is 17.1 Å². The van der Waals surface area contributed by atoms with Crippen LogP contribution in [0.3, 0.4) is 0 Å². The minimum Gasteiger partial charge on any atom is -0.352 e. The number of carbonyl (C=O) groups is 2. The van der Waals surface area contributed by atoms with Gasteiger partial charge in [-0.05, 0) is 80.8 Å². The van der Waals surface area contributed by atoms with E-state index in [1.54, 1.807) is 61.5 Å². The van der Waals surface area contributed by atoms with Gasteiger partial charge < -0.3 is 10.2 Å². The number of nitrogens with one attached hydrogen (secondary N) is 1. The molecule has 11 heteroatoms. The largest absolute Gasteiger partial charge is 0.352 e. The number of hydrogen-bond acceptors (Lipinski definition) is 4. The van der Waals surface area contributed by atoms with Crippen molar-refractivity contribution in [1.82, 2.24) is 10.2 Å². The first kappa shape index (κ1) is 31.3. The molecular formula is C30H32BrCl2N3O4S. The summed E-state index contributed by atoms with van der Waals surface area (Å²) in [6, 6.07) is 17.3. The Labute approximate surface area is 260 Å². The molecule has 4 rings (SSSR count). The van der Waals surface area contributed by atoms with E-state index in [9.17, 15) is 18.0 Å².